The number of anilines is 1. The standard InChI is InChI=1S/C11H12BrFN4O/c12-6-3-5-10(16-17-11(5)14)9(13)8(6)7-4-15-1-2-18-7/h3,7,15H,1-2,4H2,(H3,14,16,17). The molecule has 2 aromatic rings. The van der Waals surface area contributed by atoms with Gasteiger partial charge in [-0.25, -0.2) is 4.39 Å². The van der Waals surface area contributed by atoms with Crippen LogP contribution in [0.3, 0.4) is 0 Å². The minimum absolute atomic E-state index is 0.291. The number of hydrogen-bond acceptors (Lipinski definition) is 4. The summed E-state index contributed by atoms with van der Waals surface area (Å²) in [6.45, 7) is 1.94. The van der Waals surface area contributed by atoms with Crippen LogP contribution in [0.2, 0.25) is 0 Å². The van der Waals surface area contributed by atoms with Gasteiger partial charge >= 0.3 is 0 Å². The van der Waals surface area contributed by atoms with Gasteiger partial charge in [0.05, 0.1) is 12.7 Å². The van der Waals surface area contributed by atoms with Crippen LogP contribution in [0.5, 0.6) is 0 Å². The number of nitrogens with zero attached hydrogens (tertiary/aromatic N) is 1. The lowest BCUT2D eigenvalue weighted by atomic mass is 10.1. The number of nitrogens with two attached hydrogens (primary N) is 1. The Morgan fingerprint density at radius 3 is 3.11 bits per heavy atom. The number of ether oxygens (including phenoxy) is 1. The molecule has 1 aromatic heterocycles. The molecule has 0 aliphatic carbocycles. The van der Waals surface area contributed by atoms with Crippen LogP contribution in [0.1, 0.15) is 11.7 Å². The summed E-state index contributed by atoms with van der Waals surface area (Å²) in [6.07, 6.45) is -0.304. The van der Waals surface area contributed by atoms with Crippen molar-refractivity contribution in [1.82, 2.24) is 15.5 Å². The van der Waals surface area contributed by atoms with E-state index in [1.54, 1.807) is 6.07 Å². The van der Waals surface area contributed by atoms with Gasteiger partial charge in [-0.15, -0.1) is 0 Å². The van der Waals surface area contributed by atoms with Crippen LogP contribution < -0.4 is 11.1 Å². The molecular formula is C11H12BrFN4O. The van der Waals surface area contributed by atoms with E-state index in [2.05, 4.69) is 31.4 Å². The van der Waals surface area contributed by atoms with Gasteiger partial charge in [0.1, 0.15) is 5.52 Å². The lowest BCUT2D eigenvalue weighted by Gasteiger charge is -2.25. The van der Waals surface area contributed by atoms with Crippen LogP contribution in [0.25, 0.3) is 10.9 Å². The molecular weight excluding hydrogens is 303 g/mol. The first-order chi connectivity index (χ1) is 8.68. The van der Waals surface area contributed by atoms with Gasteiger partial charge in [0.2, 0.25) is 0 Å². The fourth-order valence-corrected chi connectivity index (χ4v) is 2.83. The number of nitrogens with one attached hydrogen (secondary N) is 2. The van der Waals surface area contributed by atoms with Crippen molar-refractivity contribution < 1.29 is 9.13 Å². The summed E-state index contributed by atoms with van der Waals surface area (Å²) in [5.74, 6) is -0.0730. The van der Waals surface area contributed by atoms with Crippen LogP contribution >= 0.6 is 15.9 Å². The van der Waals surface area contributed by atoms with Crippen molar-refractivity contribution in [2.75, 3.05) is 25.4 Å². The van der Waals surface area contributed by atoms with E-state index in [-0.39, 0.29) is 11.9 Å². The third kappa shape index (κ3) is 1.79. The number of aromatic amines is 1. The molecule has 96 valence electrons. The zero-order valence-electron chi connectivity index (χ0n) is 9.46. The molecule has 2 heterocycles. The number of morpholine rings is 1. The predicted molar refractivity (Wildman–Crippen MR) is 69.7 cm³/mol. The minimum atomic E-state index is -0.364. The van der Waals surface area contributed by atoms with Crippen LogP contribution in [-0.4, -0.2) is 29.9 Å². The van der Waals surface area contributed by atoms with E-state index in [0.717, 1.165) is 6.54 Å². The highest BCUT2D eigenvalue weighted by Gasteiger charge is 2.25. The van der Waals surface area contributed by atoms with Gasteiger partial charge in [0.15, 0.2) is 11.6 Å². The van der Waals surface area contributed by atoms with E-state index >= 15 is 0 Å². The second kappa shape index (κ2) is 4.49. The maximum Gasteiger partial charge on any atom is 0.155 e. The number of hydrogen-bond donors (Lipinski definition) is 3. The van der Waals surface area contributed by atoms with Gasteiger partial charge < -0.3 is 15.8 Å². The Labute approximate surface area is 111 Å². The van der Waals surface area contributed by atoms with Crippen molar-refractivity contribution in [2.24, 2.45) is 0 Å². The SMILES string of the molecule is Nc1n[nH]c2c(F)c(C3CNCCO3)c(Br)cc12. The summed E-state index contributed by atoms with van der Waals surface area (Å²) >= 11 is 3.38. The fourth-order valence-electron chi connectivity index (χ4n) is 2.17. The number of H-pyrrole nitrogens is 1. The molecule has 0 radical (unpaired) electrons. The maximum atomic E-state index is 14.5. The van der Waals surface area contributed by atoms with Gasteiger partial charge in [0, 0.05) is 28.5 Å². The number of rotatable bonds is 1. The van der Waals surface area contributed by atoms with Crippen LogP contribution in [0.4, 0.5) is 10.2 Å². The number of fused-ring (bicyclic) bond motifs is 1. The molecule has 4 N–H and O–H groups in total. The molecule has 0 bridgehead atoms. The summed E-state index contributed by atoms with van der Waals surface area (Å²) in [7, 11) is 0. The first-order valence-electron chi connectivity index (χ1n) is 5.62. The summed E-state index contributed by atoms with van der Waals surface area (Å²) in [5, 5.41) is 10.2. The van der Waals surface area contributed by atoms with Crippen LogP contribution in [0, 0.1) is 5.82 Å². The summed E-state index contributed by atoms with van der Waals surface area (Å²) in [4.78, 5) is 0. The third-order valence-corrected chi connectivity index (χ3v) is 3.72. The molecule has 1 aliphatic heterocycles. The topological polar surface area (TPSA) is 76.0 Å². The highest BCUT2D eigenvalue weighted by Crippen LogP contribution is 2.35. The molecule has 18 heavy (non-hydrogen) atoms. The molecule has 1 aromatic carbocycles. The molecule has 0 amide bonds. The van der Waals surface area contributed by atoms with Crippen molar-refractivity contribution in [3.63, 3.8) is 0 Å². The Balaban J connectivity index is 2.16. The van der Waals surface area contributed by atoms with Crippen LogP contribution in [0.15, 0.2) is 10.5 Å². The van der Waals surface area contributed by atoms with Crippen molar-refractivity contribution in [1.29, 1.82) is 0 Å². The molecule has 0 spiro atoms. The minimum Gasteiger partial charge on any atom is -0.382 e. The van der Waals surface area contributed by atoms with Crippen molar-refractivity contribution in [2.45, 2.75) is 6.10 Å². The zero-order valence-corrected chi connectivity index (χ0v) is 11.1. The monoisotopic (exact) mass is 314 g/mol. The van der Waals surface area contributed by atoms with Gasteiger partial charge in [-0.3, -0.25) is 5.10 Å². The quantitative estimate of drug-likeness (QED) is 0.749. The summed E-state index contributed by atoms with van der Waals surface area (Å²) < 4.78 is 20.7. The molecule has 1 saturated heterocycles. The van der Waals surface area contributed by atoms with E-state index < -0.39 is 0 Å². The van der Waals surface area contributed by atoms with Crippen molar-refractivity contribution in [3.8, 4) is 0 Å². The van der Waals surface area contributed by atoms with Gasteiger partial charge in [0.25, 0.3) is 0 Å². The molecule has 1 aliphatic rings. The molecule has 7 heteroatoms. The molecule has 5 nitrogen and oxygen atoms in total. The van der Waals surface area contributed by atoms with E-state index in [0.29, 0.717) is 39.9 Å². The average Bonchev–Trinajstić information content (AvgIpc) is 2.73. The number of benzene rings is 1. The third-order valence-electron chi connectivity index (χ3n) is 3.07. The van der Waals surface area contributed by atoms with E-state index in [1.807, 2.05) is 0 Å². The van der Waals surface area contributed by atoms with Gasteiger partial charge in [-0.1, -0.05) is 15.9 Å². The zero-order chi connectivity index (χ0) is 12.7. The van der Waals surface area contributed by atoms with Gasteiger partial charge in [-0.2, -0.15) is 5.10 Å². The van der Waals surface area contributed by atoms with Crippen LogP contribution in [-0.2, 0) is 4.74 Å². The second-order valence-corrected chi connectivity index (χ2v) is 5.04. The maximum absolute atomic E-state index is 14.5. The molecule has 1 fully saturated rings. The Hall–Kier alpha value is -1.18. The largest absolute Gasteiger partial charge is 0.382 e. The fraction of sp³-hybridized carbons (Fsp3) is 0.364. The first kappa shape index (κ1) is 11.9. The lowest BCUT2D eigenvalue weighted by Crippen LogP contribution is -2.34. The highest BCUT2D eigenvalue weighted by atomic mass is 79.9. The molecule has 1 unspecified atom stereocenters. The van der Waals surface area contributed by atoms with Crippen molar-refractivity contribution in [3.05, 3.63) is 21.9 Å². The first-order valence-corrected chi connectivity index (χ1v) is 6.41. The Bertz CT molecular complexity index is 594. The van der Waals surface area contributed by atoms with E-state index in [9.17, 15) is 4.39 Å². The molecule has 0 saturated carbocycles. The lowest BCUT2D eigenvalue weighted by molar-refractivity contribution is 0.0252. The van der Waals surface area contributed by atoms with E-state index in [4.69, 9.17) is 10.5 Å². The number of halogens is 2. The number of nitrogen functional groups attached to an aromatic ring is 1. The normalized spacial score (nSPS) is 20.4. The Kier molecular flexibility index (Phi) is 2.96. The highest BCUT2D eigenvalue weighted by molar-refractivity contribution is 9.10. The number of aromatic nitrogens is 2. The molecule has 1 atom stereocenters. The summed E-state index contributed by atoms with van der Waals surface area (Å²) in [5.41, 5.74) is 6.49. The Morgan fingerprint density at radius 2 is 2.39 bits per heavy atom. The van der Waals surface area contributed by atoms with Crippen molar-refractivity contribution >= 4 is 32.7 Å². The Morgan fingerprint density at radius 1 is 1.56 bits per heavy atom. The van der Waals surface area contributed by atoms with E-state index in [1.165, 1.54) is 0 Å². The second-order valence-electron chi connectivity index (χ2n) is 4.18. The predicted octanol–water partition coefficient (Wildman–Crippen LogP) is 1.71. The van der Waals surface area contributed by atoms with Gasteiger partial charge in [-0.05, 0) is 6.07 Å². The molecule has 3 rings (SSSR count). The smallest absolute Gasteiger partial charge is 0.155 e. The summed E-state index contributed by atoms with van der Waals surface area (Å²) in [6, 6.07) is 1.77. The average molecular weight is 315 g/mol.